The summed E-state index contributed by atoms with van der Waals surface area (Å²) in [5.41, 5.74) is 1.66. The standard InChI is InChI=1S/C22H22ClN3O6S2/c1-3-31-21(28)18-15-9-4-12(2)10-16(15)33-20(18)24-17(27)11-34(29,30)22-26-25-19(32-22)13-5-7-14(23)8-6-13/h5-8,12H,3-4,9-11H2,1-2H3,(H,24,27). The van der Waals surface area contributed by atoms with Gasteiger partial charge in [0.2, 0.25) is 21.6 Å². The Hall–Kier alpha value is -2.76. The summed E-state index contributed by atoms with van der Waals surface area (Å²) in [6, 6.07) is 6.42. The summed E-state index contributed by atoms with van der Waals surface area (Å²) in [5.74, 6) is -1.82. The lowest BCUT2D eigenvalue weighted by atomic mass is 9.88. The molecule has 0 saturated heterocycles. The average Bonchev–Trinajstić information content (AvgIpc) is 3.39. The fourth-order valence-corrected chi connectivity index (χ4v) is 6.15. The number of nitrogens with one attached hydrogen (secondary N) is 1. The molecule has 1 aliphatic carbocycles. The van der Waals surface area contributed by atoms with Gasteiger partial charge in [-0.2, -0.15) is 0 Å². The van der Waals surface area contributed by atoms with Gasteiger partial charge in [0.05, 0.1) is 12.2 Å². The number of aromatic nitrogens is 2. The number of thiophene rings is 1. The maximum Gasteiger partial charge on any atom is 0.341 e. The summed E-state index contributed by atoms with van der Waals surface area (Å²) in [6.45, 7) is 4.02. The molecule has 9 nitrogen and oxygen atoms in total. The monoisotopic (exact) mass is 523 g/mol. The molecule has 1 N–H and O–H groups in total. The van der Waals surface area contributed by atoms with E-state index in [9.17, 15) is 18.0 Å². The second-order valence-corrected chi connectivity index (χ2v) is 11.4. The van der Waals surface area contributed by atoms with Gasteiger partial charge in [-0.15, -0.1) is 16.4 Å². The van der Waals surface area contributed by atoms with Crippen LogP contribution in [0.4, 0.5) is 5.00 Å². The number of amides is 1. The number of sulfone groups is 1. The molecule has 3 aromatic rings. The molecule has 12 heteroatoms. The van der Waals surface area contributed by atoms with Crippen LogP contribution >= 0.6 is 22.9 Å². The van der Waals surface area contributed by atoms with E-state index in [2.05, 4.69) is 22.4 Å². The van der Waals surface area contributed by atoms with Crippen LogP contribution in [0.15, 0.2) is 33.9 Å². The van der Waals surface area contributed by atoms with Crippen molar-refractivity contribution in [3.05, 3.63) is 45.3 Å². The van der Waals surface area contributed by atoms with Gasteiger partial charge in [-0.1, -0.05) is 23.6 Å². The summed E-state index contributed by atoms with van der Waals surface area (Å²) >= 11 is 7.14. The van der Waals surface area contributed by atoms with Gasteiger partial charge < -0.3 is 14.5 Å². The first-order valence-corrected chi connectivity index (χ1v) is 13.5. The van der Waals surface area contributed by atoms with Gasteiger partial charge in [0, 0.05) is 15.5 Å². The van der Waals surface area contributed by atoms with E-state index in [-0.39, 0.29) is 12.5 Å². The number of ether oxygens (including phenoxy) is 1. The van der Waals surface area contributed by atoms with Gasteiger partial charge in [-0.25, -0.2) is 13.2 Å². The minimum absolute atomic E-state index is 0.0136. The van der Waals surface area contributed by atoms with Gasteiger partial charge in [0.25, 0.3) is 0 Å². The van der Waals surface area contributed by atoms with Gasteiger partial charge >= 0.3 is 11.2 Å². The molecule has 1 amide bonds. The number of fused-ring (bicyclic) bond motifs is 1. The number of carbonyl (C=O) groups is 2. The molecule has 4 rings (SSSR count). The first-order valence-electron chi connectivity index (χ1n) is 10.6. The van der Waals surface area contributed by atoms with Gasteiger partial charge in [-0.05, 0) is 61.9 Å². The van der Waals surface area contributed by atoms with Gasteiger partial charge in [0.15, 0.2) is 0 Å². The molecule has 0 fully saturated rings. The lowest BCUT2D eigenvalue weighted by molar-refractivity contribution is -0.113. The maximum atomic E-state index is 12.7. The van der Waals surface area contributed by atoms with Crippen LogP contribution in [-0.4, -0.2) is 42.9 Å². The lowest BCUT2D eigenvalue weighted by Gasteiger charge is -2.18. The van der Waals surface area contributed by atoms with Crippen LogP contribution in [0.3, 0.4) is 0 Å². The summed E-state index contributed by atoms with van der Waals surface area (Å²) in [5, 5.41) is 10.1. The zero-order valence-electron chi connectivity index (χ0n) is 18.5. The number of halogens is 1. The molecule has 34 heavy (non-hydrogen) atoms. The highest BCUT2D eigenvalue weighted by molar-refractivity contribution is 7.91. The number of benzene rings is 1. The van der Waals surface area contributed by atoms with E-state index in [0.29, 0.717) is 33.5 Å². The van der Waals surface area contributed by atoms with Crippen LogP contribution < -0.4 is 5.32 Å². The van der Waals surface area contributed by atoms with Crippen molar-refractivity contribution in [1.29, 1.82) is 0 Å². The second-order valence-electron chi connectivity index (χ2n) is 7.96. The van der Waals surface area contributed by atoms with Crippen LogP contribution in [0.25, 0.3) is 11.5 Å². The molecule has 0 bridgehead atoms. The molecule has 0 saturated carbocycles. The van der Waals surface area contributed by atoms with Crippen molar-refractivity contribution < 1.29 is 27.2 Å². The molecule has 0 radical (unpaired) electrons. The van der Waals surface area contributed by atoms with Gasteiger partial charge in [-0.3, -0.25) is 4.79 Å². The minimum atomic E-state index is -4.22. The molecule has 1 aliphatic rings. The third-order valence-corrected chi connectivity index (χ3v) is 8.09. The first kappa shape index (κ1) is 24.4. The Labute approximate surface area is 205 Å². The number of esters is 1. The fraction of sp³-hybridized carbons (Fsp3) is 0.364. The van der Waals surface area contributed by atoms with Crippen LogP contribution in [0.1, 0.15) is 41.1 Å². The number of carbonyl (C=O) groups excluding carboxylic acids is 2. The highest BCUT2D eigenvalue weighted by Crippen LogP contribution is 2.40. The van der Waals surface area contributed by atoms with E-state index in [1.165, 1.54) is 11.3 Å². The topological polar surface area (TPSA) is 128 Å². The van der Waals surface area contributed by atoms with Crippen molar-refractivity contribution in [2.75, 3.05) is 17.7 Å². The zero-order valence-corrected chi connectivity index (χ0v) is 20.8. The van der Waals surface area contributed by atoms with Crippen molar-refractivity contribution in [2.24, 2.45) is 5.92 Å². The Morgan fingerprint density at radius 3 is 2.71 bits per heavy atom. The van der Waals surface area contributed by atoms with Crippen LogP contribution in [0.2, 0.25) is 5.02 Å². The number of nitrogens with zero attached hydrogens (tertiary/aromatic N) is 2. The normalized spacial score (nSPS) is 15.6. The average molecular weight is 524 g/mol. The summed E-state index contributed by atoms with van der Waals surface area (Å²) < 4.78 is 35.9. The fourth-order valence-electron chi connectivity index (χ4n) is 3.70. The van der Waals surface area contributed by atoms with Gasteiger partial charge in [0.1, 0.15) is 10.8 Å². The zero-order chi connectivity index (χ0) is 24.5. The van der Waals surface area contributed by atoms with E-state index in [1.54, 1.807) is 31.2 Å². The molecule has 2 aromatic heterocycles. The molecular weight excluding hydrogens is 502 g/mol. The predicted molar refractivity (Wildman–Crippen MR) is 127 cm³/mol. The van der Waals surface area contributed by atoms with Crippen molar-refractivity contribution in [3.63, 3.8) is 0 Å². The predicted octanol–water partition coefficient (Wildman–Crippen LogP) is 4.17. The van der Waals surface area contributed by atoms with Crippen LogP contribution in [-0.2, 0) is 32.2 Å². The Morgan fingerprint density at radius 1 is 1.26 bits per heavy atom. The molecule has 1 atom stereocenters. The molecule has 1 unspecified atom stereocenters. The molecule has 180 valence electrons. The minimum Gasteiger partial charge on any atom is -0.462 e. The van der Waals surface area contributed by atoms with Crippen LogP contribution in [0.5, 0.6) is 0 Å². The Morgan fingerprint density at radius 2 is 2.00 bits per heavy atom. The smallest absolute Gasteiger partial charge is 0.341 e. The summed E-state index contributed by atoms with van der Waals surface area (Å²) in [7, 11) is -4.22. The number of hydrogen-bond donors (Lipinski definition) is 1. The Bertz CT molecular complexity index is 1330. The number of anilines is 1. The van der Waals surface area contributed by atoms with E-state index >= 15 is 0 Å². The SMILES string of the molecule is CCOC(=O)c1c(NC(=O)CS(=O)(=O)c2nnc(-c3ccc(Cl)cc3)o2)sc2c1CCC(C)C2. The maximum absolute atomic E-state index is 12.7. The first-order chi connectivity index (χ1) is 16.2. The molecule has 0 aliphatic heterocycles. The van der Waals surface area contributed by atoms with E-state index in [0.717, 1.165) is 23.3 Å². The van der Waals surface area contributed by atoms with Crippen LogP contribution in [0, 0.1) is 5.92 Å². The van der Waals surface area contributed by atoms with Crippen molar-refractivity contribution in [2.45, 2.75) is 38.3 Å². The molecule has 1 aromatic carbocycles. The third-order valence-electron chi connectivity index (χ3n) is 5.33. The second kappa shape index (κ2) is 9.85. The quantitative estimate of drug-likeness (QED) is 0.457. The van der Waals surface area contributed by atoms with Crippen molar-refractivity contribution in [3.8, 4) is 11.5 Å². The summed E-state index contributed by atoms with van der Waals surface area (Å²) in [4.78, 5) is 26.3. The molecule has 2 heterocycles. The number of hydrogen-bond acceptors (Lipinski definition) is 9. The molecule has 0 spiro atoms. The highest BCUT2D eigenvalue weighted by atomic mass is 35.5. The highest BCUT2D eigenvalue weighted by Gasteiger charge is 2.31. The Kier molecular flexibility index (Phi) is 7.06. The van der Waals surface area contributed by atoms with E-state index in [1.807, 2.05) is 0 Å². The lowest BCUT2D eigenvalue weighted by Crippen LogP contribution is -2.24. The Balaban J connectivity index is 1.53. The van der Waals surface area contributed by atoms with Crippen molar-refractivity contribution in [1.82, 2.24) is 10.2 Å². The number of rotatable bonds is 7. The van der Waals surface area contributed by atoms with E-state index < -0.39 is 32.7 Å². The molecular formula is C22H22ClN3O6S2. The largest absolute Gasteiger partial charge is 0.462 e. The van der Waals surface area contributed by atoms with E-state index in [4.69, 9.17) is 20.8 Å². The van der Waals surface area contributed by atoms with Crippen molar-refractivity contribution >= 4 is 49.7 Å². The summed E-state index contributed by atoms with van der Waals surface area (Å²) in [6.07, 6.45) is 2.41. The third kappa shape index (κ3) is 5.16.